The van der Waals surface area contributed by atoms with E-state index in [0.29, 0.717) is 56.5 Å². The lowest BCUT2D eigenvalue weighted by Gasteiger charge is -2.20. The molecule has 216 valence electrons. The highest BCUT2D eigenvalue weighted by Gasteiger charge is 2.35. The number of benzene rings is 2. The largest absolute Gasteiger partial charge is 0.459 e. The summed E-state index contributed by atoms with van der Waals surface area (Å²) in [6.07, 6.45) is 4.13. The Bertz CT molecular complexity index is 1540. The van der Waals surface area contributed by atoms with Gasteiger partial charge in [-0.15, -0.1) is 23.5 Å². The monoisotopic (exact) mass is 604 g/mol. The Balaban J connectivity index is 0.000000168. The van der Waals surface area contributed by atoms with Crippen LogP contribution in [-0.4, -0.2) is 68.0 Å². The van der Waals surface area contributed by atoms with Crippen LogP contribution in [0.25, 0.3) is 0 Å². The van der Waals surface area contributed by atoms with E-state index in [-0.39, 0.29) is 24.0 Å². The normalized spacial score (nSPS) is 17.2. The van der Waals surface area contributed by atoms with Crippen LogP contribution in [0.5, 0.6) is 0 Å². The average molecular weight is 605 g/mol. The van der Waals surface area contributed by atoms with Crippen LogP contribution in [0.2, 0.25) is 0 Å². The number of nitrogens with zero attached hydrogens (tertiary/aromatic N) is 4. The van der Waals surface area contributed by atoms with Gasteiger partial charge in [0.15, 0.2) is 0 Å². The topological polar surface area (TPSA) is 122 Å². The van der Waals surface area contributed by atoms with Gasteiger partial charge < -0.3 is 9.47 Å². The summed E-state index contributed by atoms with van der Waals surface area (Å²) in [4.78, 5) is 49.3. The Morgan fingerprint density at radius 1 is 0.690 bits per heavy atom. The molecule has 2 aliphatic heterocycles. The lowest BCUT2D eigenvalue weighted by Crippen LogP contribution is -2.28. The second-order valence-corrected chi connectivity index (χ2v) is 11.3. The van der Waals surface area contributed by atoms with Crippen LogP contribution in [0, 0.1) is 0 Å². The van der Waals surface area contributed by atoms with E-state index in [9.17, 15) is 19.2 Å². The Kier molecular flexibility index (Phi) is 8.64. The standard InChI is InChI=1S/2C15H14N2O3S/c2*1-9-8-11-12(15(19)20-9)13(21-2)16-17(11)14(18)10-6-4-3-5-7-10/h2*3-7,9H,8H2,1-2H3/t2*9-/m10/s1. The number of aromatic nitrogens is 4. The molecule has 6 rings (SSSR count). The van der Waals surface area contributed by atoms with Gasteiger partial charge in [0.05, 0.1) is 11.4 Å². The van der Waals surface area contributed by atoms with E-state index in [1.54, 1.807) is 48.5 Å². The fourth-order valence-electron chi connectivity index (χ4n) is 4.79. The molecule has 0 N–H and O–H groups in total. The van der Waals surface area contributed by atoms with Gasteiger partial charge in [-0.2, -0.15) is 19.6 Å². The maximum atomic E-state index is 12.6. The van der Waals surface area contributed by atoms with Crippen molar-refractivity contribution in [3.05, 3.63) is 94.3 Å². The van der Waals surface area contributed by atoms with Gasteiger partial charge in [0.1, 0.15) is 33.4 Å². The molecule has 4 heterocycles. The highest BCUT2D eigenvalue weighted by molar-refractivity contribution is 7.98. The molecule has 0 aliphatic carbocycles. The maximum absolute atomic E-state index is 12.6. The first-order valence-electron chi connectivity index (χ1n) is 13.2. The summed E-state index contributed by atoms with van der Waals surface area (Å²) < 4.78 is 13.2. The predicted molar refractivity (Wildman–Crippen MR) is 158 cm³/mol. The summed E-state index contributed by atoms with van der Waals surface area (Å²) in [6, 6.07) is 17.8. The zero-order valence-electron chi connectivity index (χ0n) is 23.4. The lowest BCUT2D eigenvalue weighted by molar-refractivity contribution is 0.0281. The van der Waals surface area contributed by atoms with Crippen LogP contribution in [0.1, 0.15) is 66.7 Å². The van der Waals surface area contributed by atoms with Crippen molar-refractivity contribution in [2.75, 3.05) is 12.5 Å². The molecule has 0 radical (unpaired) electrons. The Morgan fingerprint density at radius 2 is 1.05 bits per heavy atom. The summed E-state index contributed by atoms with van der Waals surface area (Å²) in [5.41, 5.74) is 3.20. The molecule has 42 heavy (non-hydrogen) atoms. The number of hydrogen-bond acceptors (Lipinski definition) is 10. The SMILES string of the molecule is CSc1nn(C(=O)c2ccccc2)c2c1C(=O)O[C@@H](C)C2.CSc1nn(C(=O)c2ccccc2)c2c1C(=O)O[C@H](C)C2. The quantitative estimate of drug-likeness (QED) is 0.237. The smallest absolute Gasteiger partial charge is 0.343 e. The molecule has 0 bridgehead atoms. The predicted octanol–water partition coefficient (Wildman–Crippen LogP) is 4.79. The van der Waals surface area contributed by atoms with E-state index in [0.717, 1.165) is 0 Å². The highest BCUT2D eigenvalue weighted by atomic mass is 32.2. The Hall–Kier alpha value is -4.16. The number of ether oxygens (including phenoxy) is 2. The van der Waals surface area contributed by atoms with Crippen molar-refractivity contribution in [3.8, 4) is 0 Å². The summed E-state index contributed by atoms with van der Waals surface area (Å²) in [6.45, 7) is 3.62. The number of carbonyl (C=O) groups is 4. The summed E-state index contributed by atoms with van der Waals surface area (Å²) >= 11 is 2.67. The third-order valence-corrected chi connectivity index (χ3v) is 8.04. The van der Waals surface area contributed by atoms with Gasteiger partial charge >= 0.3 is 11.9 Å². The molecule has 2 atom stereocenters. The third kappa shape index (κ3) is 5.64. The van der Waals surface area contributed by atoms with Crippen molar-refractivity contribution in [3.63, 3.8) is 0 Å². The van der Waals surface area contributed by atoms with Crippen LogP contribution >= 0.6 is 23.5 Å². The van der Waals surface area contributed by atoms with Crippen molar-refractivity contribution < 1.29 is 28.7 Å². The molecule has 0 unspecified atom stereocenters. The van der Waals surface area contributed by atoms with Crippen molar-refractivity contribution in [2.24, 2.45) is 0 Å². The van der Waals surface area contributed by atoms with E-state index in [4.69, 9.17) is 9.47 Å². The molecule has 12 heteroatoms. The molecule has 2 aliphatic rings. The minimum absolute atomic E-state index is 0.228. The van der Waals surface area contributed by atoms with Gasteiger partial charge in [0, 0.05) is 24.0 Å². The zero-order chi connectivity index (χ0) is 30.0. The van der Waals surface area contributed by atoms with E-state index in [1.807, 2.05) is 38.5 Å². The first-order valence-corrected chi connectivity index (χ1v) is 15.6. The molecule has 0 fully saturated rings. The van der Waals surface area contributed by atoms with Crippen molar-refractivity contribution >= 4 is 47.3 Å². The van der Waals surface area contributed by atoms with Crippen LogP contribution in [0.4, 0.5) is 0 Å². The number of cyclic esters (lactones) is 2. The van der Waals surface area contributed by atoms with Gasteiger partial charge in [-0.25, -0.2) is 9.59 Å². The molecule has 2 aromatic carbocycles. The average Bonchev–Trinajstić information content (AvgIpc) is 3.56. The molecule has 0 spiro atoms. The van der Waals surface area contributed by atoms with Crippen LogP contribution in [0.3, 0.4) is 0 Å². The lowest BCUT2D eigenvalue weighted by atomic mass is 10.1. The van der Waals surface area contributed by atoms with E-state index < -0.39 is 11.9 Å². The van der Waals surface area contributed by atoms with Gasteiger partial charge in [0.25, 0.3) is 11.8 Å². The fraction of sp³-hybridized carbons (Fsp3) is 0.267. The number of hydrogen-bond donors (Lipinski definition) is 0. The molecule has 0 saturated heterocycles. The number of esters is 2. The third-order valence-electron chi connectivity index (χ3n) is 6.70. The second-order valence-electron chi connectivity index (χ2n) is 9.67. The number of carbonyl (C=O) groups excluding carboxylic acids is 4. The van der Waals surface area contributed by atoms with E-state index in [1.165, 1.54) is 32.9 Å². The Morgan fingerprint density at radius 3 is 1.38 bits per heavy atom. The molecule has 10 nitrogen and oxygen atoms in total. The van der Waals surface area contributed by atoms with Crippen LogP contribution in [-0.2, 0) is 22.3 Å². The fourth-order valence-corrected chi connectivity index (χ4v) is 5.92. The van der Waals surface area contributed by atoms with Gasteiger partial charge in [-0.1, -0.05) is 36.4 Å². The second kappa shape index (κ2) is 12.4. The van der Waals surface area contributed by atoms with Gasteiger partial charge in [0.2, 0.25) is 0 Å². The molecule has 0 amide bonds. The maximum Gasteiger partial charge on any atom is 0.343 e. The number of fused-ring (bicyclic) bond motifs is 2. The van der Waals surface area contributed by atoms with Gasteiger partial charge in [-0.3, -0.25) is 9.59 Å². The zero-order valence-corrected chi connectivity index (χ0v) is 25.0. The molecule has 0 saturated carbocycles. The summed E-state index contributed by atoms with van der Waals surface area (Å²) in [5, 5.41) is 9.67. The van der Waals surface area contributed by atoms with Gasteiger partial charge in [-0.05, 0) is 50.6 Å². The van der Waals surface area contributed by atoms with Crippen LogP contribution in [0.15, 0.2) is 70.7 Å². The first kappa shape index (κ1) is 29.3. The summed E-state index contributed by atoms with van der Waals surface area (Å²) in [5.74, 6) is -1.26. The molecule has 2 aromatic heterocycles. The molecular formula is C30H28N4O6S2. The minimum Gasteiger partial charge on any atom is -0.459 e. The van der Waals surface area contributed by atoms with E-state index >= 15 is 0 Å². The number of thioether (sulfide) groups is 2. The minimum atomic E-state index is -0.403. The van der Waals surface area contributed by atoms with Crippen molar-refractivity contribution in [2.45, 2.75) is 48.9 Å². The molecular weight excluding hydrogens is 576 g/mol. The van der Waals surface area contributed by atoms with Crippen molar-refractivity contribution in [1.82, 2.24) is 19.6 Å². The number of rotatable bonds is 4. The Labute approximate surface area is 250 Å². The highest BCUT2D eigenvalue weighted by Crippen LogP contribution is 2.31. The summed E-state index contributed by atoms with van der Waals surface area (Å²) in [7, 11) is 0. The van der Waals surface area contributed by atoms with Crippen LogP contribution < -0.4 is 0 Å². The van der Waals surface area contributed by atoms with Crippen molar-refractivity contribution in [1.29, 1.82) is 0 Å². The van der Waals surface area contributed by atoms with E-state index in [2.05, 4.69) is 10.2 Å². The first-order chi connectivity index (χ1) is 20.2. The molecule has 4 aromatic rings.